The first kappa shape index (κ1) is 17.8. The van der Waals surface area contributed by atoms with Crippen molar-refractivity contribution in [2.24, 2.45) is 0 Å². The topological polar surface area (TPSA) is 55.8 Å². The highest BCUT2D eigenvalue weighted by Gasteiger charge is 2.19. The maximum atomic E-state index is 13.1. The van der Waals surface area contributed by atoms with E-state index < -0.39 is 5.82 Å². The number of halogens is 2. The Morgan fingerprint density at radius 3 is 2.57 bits per heavy atom. The second kappa shape index (κ2) is 8.93. The van der Waals surface area contributed by atoms with Gasteiger partial charge in [-0.3, -0.25) is 9.59 Å². The third-order valence-electron chi connectivity index (χ3n) is 2.83. The zero-order chi connectivity index (χ0) is 15.8. The molecular weight excluding hydrogens is 392 g/mol. The Morgan fingerprint density at radius 2 is 2.00 bits per heavy atom. The number of esters is 1. The number of hydrogen-bond acceptors (Lipinski definition) is 4. The van der Waals surface area contributed by atoms with Gasteiger partial charge in [-0.2, -0.15) is 0 Å². The minimum Gasteiger partial charge on any atom is -0.469 e. The van der Waals surface area contributed by atoms with Crippen molar-refractivity contribution >= 4 is 34.5 Å². The molecule has 0 bridgehead atoms. The molecule has 0 N–H and O–H groups in total. The fourth-order valence-corrected chi connectivity index (χ4v) is 2.39. The average molecular weight is 409 g/mol. The fraction of sp³-hybridized carbons (Fsp3) is 0.429. The predicted octanol–water partition coefficient (Wildman–Crippen LogP) is 2.08. The molecule has 0 saturated carbocycles. The SMILES string of the molecule is COCCN(CCC(=O)OC)C(=O)c1ccc(F)cc1I. The van der Waals surface area contributed by atoms with Crippen LogP contribution in [0.5, 0.6) is 0 Å². The molecule has 1 aromatic carbocycles. The van der Waals surface area contributed by atoms with E-state index in [1.165, 1.54) is 37.3 Å². The van der Waals surface area contributed by atoms with Gasteiger partial charge in [-0.1, -0.05) is 0 Å². The first-order valence-electron chi connectivity index (χ1n) is 6.29. The minimum absolute atomic E-state index is 0.101. The van der Waals surface area contributed by atoms with Crippen LogP contribution in [-0.4, -0.2) is 50.7 Å². The number of benzene rings is 1. The summed E-state index contributed by atoms with van der Waals surface area (Å²) in [7, 11) is 2.83. The Balaban J connectivity index is 2.85. The average Bonchev–Trinajstić information content (AvgIpc) is 2.46. The van der Waals surface area contributed by atoms with Gasteiger partial charge in [0.25, 0.3) is 5.91 Å². The number of nitrogens with zero attached hydrogens (tertiary/aromatic N) is 1. The van der Waals surface area contributed by atoms with E-state index in [1.54, 1.807) is 0 Å². The number of carbonyl (C=O) groups excluding carboxylic acids is 2. The smallest absolute Gasteiger partial charge is 0.307 e. The maximum absolute atomic E-state index is 13.1. The number of amides is 1. The standard InChI is InChI=1S/C14H17FINO4/c1-20-8-7-17(6-5-13(18)21-2)14(19)11-4-3-10(15)9-12(11)16/h3-4,9H,5-8H2,1-2H3. The molecular formula is C14H17FINO4. The summed E-state index contributed by atoms with van der Waals surface area (Å²) in [5.41, 5.74) is 0.401. The van der Waals surface area contributed by atoms with Crippen LogP contribution in [-0.2, 0) is 14.3 Å². The van der Waals surface area contributed by atoms with E-state index in [-0.39, 0.29) is 24.8 Å². The van der Waals surface area contributed by atoms with Crippen molar-refractivity contribution < 1.29 is 23.5 Å². The Hall–Kier alpha value is -1.22. The summed E-state index contributed by atoms with van der Waals surface area (Å²) in [6.45, 7) is 0.923. The largest absolute Gasteiger partial charge is 0.469 e. The van der Waals surface area contributed by atoms with Crippen molar-refractivity contribution in [1.82, 2.24) is 4.90 Å². The molecule has 0 radical (unpaired) electrons. The van der Waals surface area contributed by atoms with Crippen LogP contribution in [0.3, 0.4) is 0 Å². The number of hydrogen-bond donors (Lipinski definition) is 0. The Bertz CT molecular complexity index is 510. The van der Waals surface area contributed by atoms with E-state index in [1.807, 2.05) is 22.6 Å². The molecule has 0 heterocycles. The van der Waals surface area contributed by atoms with Crippen molar-refractivity contribution in [3.05, 3.63) is 33.1 Å². The van der Waals surface area contributed by atoms with Crippen molar-refractivity contribution in [2.75, 3.05) is 33.9 Å². The van der Waals surface area contributed by atoms with Crippen LogP contribution in [0.4, 0.5) is 4.39 Å². The summed E-state index contributed by atoms with van der Waals surface area (Å²) in [4.78, 5) is 25.2. The lowest BCUT2D eigenvalue weighted by Crippen LogP contribution is -2.36. The molecule has 1 rings (SSSR count). The molecule has 0 fully saturated rings. The van der Waals surface area contributed by atoms with Crippen LogP contribution in [0.2, 0.25) is 0 Å². The molecule has 0 atom stereocenters. The first-order chi connectivity index (χ1) is 9.99. The summed E-state index contributed by atoms with van der Waals surface area (Å²) < 4.78 is 23.2. The van der Waals surface area contributed by atoms with Gasteiger partial charge >= 0.3 is 5.97 Å². The monoisotopic (exact) mass is 409 g/mol. The van der Waals surface area contributed by atoms with Gasteiger partial charge in [-0.05, 0) is 40.8 Å². The lowest BCUT2D eigenvalue weighted by Gasteiger charge is -2.22. The highest BCUT2D eigenvalue weighted by atomic mass is 127. The van der Waals surface area contributed by atoms with Crippen LogP contribution in [0, 0.1) is 9.39 Å². The van der Waals surface area contributed by atoms with Crippen molar-refractivity contribution in [1.29, 1.82) is 0 Å². The van der Waals surface area contributed by atoms with E-state index in [0.717, 1.165) is 0 Å². The highest BCUT2D eigenvalue weighted by molar-refractivity contribution is 14.1. The van der Waals surface area contributed by atoms with Gasteiger partial charge in [0.1, 0.15) is 5.82 Å². The zero-order valence-corrected chi connectivity index (χ0v) is 14.1. The van der Waals surface area contributed by atoms with Gasteiger partial charge in [-0.25, -0.2) is 4.39 Å². The van der Waals surface area contributed by atoms with E-state index in [2.05, 4.69) is 4.74 Å². The third kappa shape index (κ3) is 5.58. The van der Waals surface area contributed by atoms with Gasteiger partial charge in [0.2, 0.25) is 0 Å². The lowest BCUT2D eigenvalue weighted by molar-refractivity contribution is -0.140. The molecule has 0 unspecified atom stereocenters. The molecule has 1 amide bonds. The van der Waals surface area contributed by atoms with Crippen molar-refractivity contribution in [3.63, 3.8) is 0 Å². The summed E-state index contributed by atoms with van der Waals surface area (Å²) >= 11 is 1.91. The second-order valence-corrected chi connectivity index (χ2v) is 5.40. The lowest BCUT2D eigenvalue weighted by atomic mass is 10.2. The van der Waals surface area contributed by atoms with Crippen LogP contribution in [0.25, 0.3) is 0 Å². The fourth-order valence-electron chi connectivity index (χ4n) is 1.68. The predicted molar refractivity (Wildman–Crippen MR) is 83.5 cm³/mol. The molecule has 1 aromatic rings. The van der Waals surface area contributed by atoms with E-state index in [0.29, 0.717) is 22.3 Å². The van der Waals surface area contributed by atoms with Crippen LogP contribution < -0.4 is 0 Å². The molecule has 21 heavy (non-hydrogen) atoms. The Kier molecular flexibility index (Phi) is 7.58. The van der Waals surface area contributed by atoms with Gasteiger partial charge in [-0.15, -0.1) is 0 Å². The summed E-state index contributed by atoms with van der Waals surface area (Å²) in [6.07, 6.45) is 0.101. The van der Waals surface area contributed by atoms with Crippen LogP contribution >= 0.6 is 22.6 Å². The molecule has 0 aliphatic carbocycles. The van der Waals surface area contributed by atoms with Gasteiger partial charge in [0, 0.05) is 23.8 Å². The Morgan fingerprint density at radius 1 is 1.29 bits per heavy atom. The summed E-state index contributed by atoms with van der Waals surface area (Å²) in [5, 5.41) is 0. The third-order valence-corrected chi connectivity index (χ3v) is 3.72. The first-order valence-corrected chi connectivity index (χ1v) is 7.37. The van der Waals surface area contributed by atoms with Gasteiger partial charge < -0.3 is 14.4 Å². The number of methoxy groups -OCH3 is 2. The molecule has 0 aliphatic rings. The van der Waals surface area contributed by atoms with E-state index in [9.17, 15) is 14.0 Å². The summed E-state index contributed by atoms with van der Waals surface area (Å²) in [5.74, 6) is -1.05. The van der Waals surface area contributed by atoms with Gasteiger partial charge in [0.15, 0.2) is 0 Å². The molecule has 0 aliphatic heterocycles. The normalized spacial score (nSPS) is 10.3. The highest BCUT2D eigenvalue weighted by Crippen LogP contribution is 2.16. The quantitative estimate of drug-likeness (QED) is 0.511. The van der Waals surface area contributed by atoms with Crippen molar-refractivity contribution in [2.45, 2.75) is 6.42 Å². The molecule has 5 nitrogen and oxygen atoms in total. The zero-order valence-electron chi connectivity index (χ0n) is 11.9. The molecule has 0 aromatic heterocycles. The van der Waals surface area contributed by atoms with Gasteiger partial charge in [0.05, 0.1) is 25.7 Å². The van der Waals surface area contributed by atoms with E-state index in [4.69, 9.17) is 4.74 Å². The molecule has 0 spiro atoms. The minimum atomic E-state index is -0.394. The summed E-state index contributed by atoms with van der Waals surface area (Å²) in [6, 6.07) is 3.98. The number of ether oxygens (including phenoxy) is 2. The molecule has 116 valence electrons. The van der Waals surface area contributed by atoms with E-state index >= 15 is 0 Å². The molecule has 0 saturated heterocycles. The number of carbonyl (C=O) groups is 2. The second-order valence-electron chi connectivity index (χ2n) is 4.24. The molecule has 7 heteroatoms. The van der Waals surface area contributed by atoms with Crippen molar-refractivity contribution in [3.8, 4) is 0 Å². The number of rotatable bonds is 7. The Labute approximate surface area is 136 Å². The maximum Gasteiger partial charge on any atom is 0.307 e. The van der Waals surface area contributed by atoms with Crippen LogP contribution in [0.15, 0.2) is 18.2 Å². The van der Waals surface area contributed by atoms with Crippen LogP contribution in [0.1, 0.15) is 16.8 Å².